The average molecular weight is 417 g/mol. The van der Waals surface area contributed by atoms with Crippen molar-refractivity contribution in [3.05, 3.63) is 39.7 Å². The van der Waals surface area contributed by atoms with E-state index >= 15 is 0 Å². The molecule has 0 aliphatic rings. The van der Waals surface area contributed by atoms with E-state index < -0.39 is 17.7 Å². The highest BCUT2D eigenvalue weighted by Crippen LogP contribution is 2.23. The van der Waals surface area contributed by atoms with E-state index in [0.717, 1.165) is 6.42 Å². The molecule has 7 N–H and O–H groups in total. The summed E-state index contributed by atoms with van der Waals surface area (Å²) in [6.07, 6.45) is 2.39. The zero-order valence-electron chi connectivity index (χ0n) is 17.9. The molecule has 0 spiro atoms. The molecule has 8 nitrogen and oxygen atoms in total. The van der Waals surface area contributed by atoms with E-state index in [-0.39, 0.29) is 28.9 Å². The zero-order valence-corrected chi connectivity index (χ0v) is 17.9. The Morgan fingerprint density at radius 2 is 1.90 bits per heavy atom. The third-order valence-corrected chi connectivity index (χ3v) is 5.14. The van der Waals surface area contributed by atoms with Crippen LogP contribution in [0, 0.1) is 12.8 Å². The molecule has 30 heavy (non-hydrogen) atoms. The fraction of sp³-hybridized carbons (Fsp3) is 0.500. The SMILES string of the molecule is Cc1c(N)c(=O)oc2cc(C(=O)C(CCCCN)NC(=O)C(N)CC(C)C)ccc12. The van der Waals surface area contributed by atoms with Crippen LogP contribution in [-0.4, -0.2) is 30.3 Å². The number of carbonyl (C=O) groups is 2. The van der Waals surface area contributed by atoms with E-state index in [4.69, 9.17) is 21.6 Å². The smallest absolute Gasteiger partial charge is 0.359 e. The van der Waals surface area contributed by atoms with Crippen LogP contribution in [0.1, 0.15) is 55.5 Å². The number of aryl methyl sites for hydroxylation is 1. The van der Waals surface area contributed by atoms with Gasteiger partial charge in [0.15, 0.2) is 5.78 Å². The van der Waals surface area contributed by atoms with Crippen LogP contribution in [0.3, 0.4) is 0 Å². The van der Waals surface area contributed by atoms with Crippen molar-refractivity contribution in [3.63, 3.8) is 0 Å². The van der Waals surface area contributed by atoms with E-state index in [0.29, 0.717) is 42.3 Å². The second-order valence-corrected chi connectivity index (χ2v) is 8.09. The largest absolute Gasteiger partial charge is 0.421 e. The number of hydrogen-bond acceptors (Lipinski definition) is 7. The summed E-state index contributed by atoms with van der Waals surface area (Å²) in [5.74, 6) is -0.363. The predicted molar refractivity (Wildman–Crippen MR) is 118 cm³/mol. The number of anilines is 1. The molecular formula is C22H32N4O4. The van der Waals surface area contributed by atoms with Crippen LogP contribution in [0.15, 0.2) is 27.4 Å². The van der Waals surface area contributed by atoms with Gasteiger partial charge in [-0.25, -0.2) is 4.79 Å². The highest BCUT2D eigenvalue weighted by molar-refractivity contribution is 6.04. The minimum Gasteiger partial charge on any atom is -0.421 e. The summed E-state index contributed by atoms with van der Waals surface area (Å²) in [4.78, 5) is 37.6. The second-order valence-electron chi connectivity index (χ2n) is 8.09. The van der Waals surface area contributed by atoms with Crippen LogP contribution in [0.2, 0.25) is 0 Å². The number of carbonyl (C=O) groups excluding carboxylic acids is 2. The van der Waals surface area contributed by atoms with Gasteiger partial charge in [0, 0.05) is 10.9 Å². The molecule has 0 saturated heterocycles. The summed E-state index contributed by atoms with van der Waals surface area (Å²) in [6, 6.07) is 3.44. The molecular weight excluding hydrogens is 384 g/mol. The number of nitrogens with one attached hydrogen (secondary N) is 1. The van der Waals surface area contributed by atoms with Crippen LogP contribution in [0.4, 0.5) is 5.69 Å². The van der Waals surface area contributed by atoms with Gasteiger partial charge < -0.3 is 26.9 Å². The van der Waals surface area contributed by atoms with Crippen LogP contribution in [-0.2, 0) is 4.79 Å². The number of nitrogen functional groups attached to an aromatic ring is 1. The van der Waals surface area contributed by atoms with Crippen molar-refractivity contribution in [1.29, 1.82) is 0 Å². The lowest BCUT2D eigenvalue weighted by Crippen LogP contribution is -2.48. The minimum atomic E-state index is -0.735. The van der Waals surface area contributed by atoms with Gasteiger partial charge in [-0.3, -0.25) is 9.59 Å². The first-order valence-electron chi connectivity index (χ1n) is 10.3. The third kappa shape index (κ3) is 5.67. The first-order valence-corrected chi connectivity index (χ1v) is 10.3. The molecule has 0 aliphatic heterocycles. The van der Waals surface area contributed by atoms with Crippen LogP contribution in [0.25, 0.3) is 11.0 Å². The highest BCUT2D eigenvalue weighted by Gasteiger charge is 2.25. The summed E-state index contributed by atoms with van der Waals surface area (Å²) in [7, 11) is 0. The van der Waals surface area contributed by atoms with E-state index in [1.54, 1.807) is 19.1 Å². The lowest BCUT2D eigenvalue weighted by Gasteiger charge is -2.21. The number of fused-ring (bicyclic) bond motifs is 1. The molecule has 8 heteroatoms. The molecule has 0 radical (unpaired) electrons. The number of unbranched alkanes of at least 4 members (excludes halogenated alkanes) is 1. The van der Waals surface area contributed by atoms with Crippen molar-refractivity contribution in [2.75, 3.05) is 12.3 Å². The van der Waals surface area contributed by atoms with Crippen molar-refractivity contribution in [2.45, 2.75) is 58.5 Å². The Labute approximate surface area is 176 Å². The van der Waals surface area contributed by atoms with Crippen LogP contribution < -0.4 is 28.1 Å². The Morgan fingerprint density at radius 3 is 2.53 bits per heavy atom. The van der Waals surface area contributed by atoms with Crippen molar-refractivity contribution in [2.24, 2.45) is 17.4 Å². The van der Waals surface area contributed by atoms with Crippen molar-refractivity contribution in [1.82, 2.24) is 5.32 Å². The minimum absolute atomic E-state index is 0.0487. The van der Waals surface area contributed by atoms with E-state index in [1.807, 2.05) is 13.8 Å². The molecule has 0 aliphatic carbocycles. The molecule has 0 fully saturated rings. The number of amides is 1. The third-order valence-electron chi connectivity index (χ3n) is 5.14. The van der Waals surface area contributed by atoms with Crippen molar-refractivity contribution in [3.8, 4) is 0 Å². The predicted octanol–water partition coefficient (Wildman–Crippen LogP) is 1.85. The monoisotopic (exact) mass is 416 g/mol. The number of ketones is 1. The highest BCUT2D eigenvalue weighted by atomic mass is 16.4. The maximum atomic E-state index is 13.2. The quantitative estimate of drug-likeness (QED) is 0.262. The Balaban J connectivity index is 2.31. The summed E-state index contributed by atoms with van der Waals surface area (Å²) < 4.78 is 5.25. The Morgan fingerprint density at radius 1 is 1.20 bits per heavy atom. The molecule has 1 aromatic heterocycles. The van der Waals surface area contributed by atoms with Gasteiger partial charge in [-0.1, -0.05) is 26.0 Å². The van der Waals surface area contributed by atoms with E-state index in [1.165, 1.54) is 6.07 Å². The fourth-order valence-electron chi connectivity index (χ4n) is 3.38. The maximum absolute atomic E-state index is 13.2. The number of rotatable bonds is 10. The number of nitrogens with two attached hydrogens (primary N) is 3. The topological polar surface area (TPSA) is 154 Å². The second kappa shape index (κ2) is 10.4. The lowest BCUT2D eigenvalue weighted by atomic mass is 9.96. The standard InChI is InChI=1S/C22H32N4O4/c1-12(2)10-16(24)21(28)26-17(6-4-5-9-23)20(27)14-7-8-15-13(3)19(25)22(29)30-18(15)11-14/h7-8,11-12,16-17H,4-6,9-10,23-25H2,1-3H3,(H,26,28). The van der Waals surface area contributed by atoms with Crippen molar-refractivity contribution < 1.29 is 14.0 Å². The molecule has 0 saturated carbocycles. The summed E-state index contributed by atoms with van der Waals surface area (Å²) in [5, 5.41) is 3.45. The van der Waals surface area contributed by atoms with Gasteiger partial charge in [0.2, 0.25) is 5.91 Å². The normalized spacial score (nSPS) is 13.4. The molecule has 2 atom stereocenters. The van der Waals surface area contributed by atoms with Crippen molar-refractivity contribution >= 4 is 28.3 Å². The fourth-order valence-corrected chi connectivity index (χ4v) is 3.38. The Kier molecular flexibility index (Phi) is 8.14. The molecule has 2 aromatic rings. The van der Waals surface area contributed by atoms with Gasteiger partial charge in [0.1, 0.15) is 11.3 Å². The maximum Gasteiger partial charge on any atom is 0.359 e. The van der Waals surface area contributed by atoms with Gasteiger partial charge in [-0.2, -0.15) is 0 Å². The first-order chi connectivity index (χ1) is 14.1. The Hall–Kier alpha value is -2.71. The first kappa shape index (κ1) is 23.6. The van der Waals surface area contributed by atoms with E-state index in [2.05, 4.69) is 5.32 Å². The van der Waals surface area contributed by atoms with E-state index in [9.17, 15) is 14.4 Å². The zero-order chi connectivity index (χ0) is 22.4. The molecule has 164 valence electrons. The van der Waals surface area contributed by atoms with Gasteiger partial charge in [0.05, 0.1) is 12.1 Å². The van der Waals surface area contributed by atoms with Crippen LogP contribution in [0.5, 0.6) is 0 Å². The van der Waals surface area contributed by atoms with Gasteiger partial charge in [0.25, 0.3) is 0 Å². The van der Waals surface area contributed by atoms with Gasteiger partial charge in [-0.15, -0.1) is 0 Å². The molecule has 2 rings (SSSR count). The average Bonchev–Trinajstić information content (AvgIpc) is 2.70. The molecule has 1 amide bonds. The van der Waals surface area contributed by atoms with Gasteiger partial charge >= 0.3 is 5.63 Å². The Bertz CT molecular complexity index is 967. The number of Topliss-reactive ketones (excluding diaryl/α,β-unsaturated/α-hetero) is 1. The summed E-state index contributed by atoms with van der Waals surface area (Å²) in [5.41, 5.74) is 17.9. The molecule has 1 aromatic carbocycles. The molecule has 2 unspecified atom stereocenters. The number of benzene rings is 1. The summed E-state index contributed by atoms with van der Waals surface area (Å²) in [6.45, 7) is 6.19. The lowest BCUT2D eigenvalue weighted by molar-refractivity contribution is -0.123. The molecule has 0 bridgehead atoms. The number of hydrogen-bond donors (Lipinski definition) is 4. The van der Waals surface area contributed by atoms with Gasteiger partial charge in [-0.05, 0) is 56.7 Å². The summed E-state index contributed by atoms with van der Waals surface area (Å²) >= 11 is 0. The van der Waals surface area contributed by atoms with Crippen LogP contribution >= 0.6 is 0 Å². The molecule has 1 heterocycles.